The zero-order chi connectivity index (χ0) is 21.9. The molecule has 4 aromatic rings. The van der Waals surface area contributed by atoms with Gasteiger partial charge in [-0.3, -0.25) is 0 Å². The Balaban J connectivity index is 0.00000137. The predicted molar refractivity (Wildman–Crippen MR) is 152 cm³/mol. The zero-order valence-electron chi connectivity index (χ0n) is 19.8. The summed E-state index contributed by atoms with van der Waals surface area (Å²) in [5, 5.41) is 5.73. The van der Waals surface area contributed by atoms with Crippen molar-refractivity contribution < 1.29 is 19.8 Å². The van der Waals surface area contributed by atoms with E-state index in [4.69, 9.17) is 4.21 Å². The van der Waals surface area contributed by atoms with Crippen molar-refractivity contribution in [3.8, 4) is 11.1 Å². The van der Waals surface area contributed by atoms with E-state index < -0.39 is 19.8 Å². The Kier molecular flexibility index (Phi) is 7.22. The van der Waals surface area contributed by atoms with E-state index in [2.05, 4.69) is 98.8 Å². The summed E-state index contributed by atoms with van der Waals surface area (Å²) < 4.78 is 9.69. The van der Waals surface area contributed by atoms with Crippen LogP contribution in [0.3, 0.4) is 0 Å². The molecule has 173 valence electrons. The van der Waals surface area contributed by atoms with Crippen LogP contribution < -0.4 is 3.27 Å². The number of hydrogen-bond donors (Lipinski definition) is 0. The molecule has 0 N–H and O–H groups in total. The molecule has 0 amide bonds. The number of halogens is 2. The molecule has 0 bridgehead atoms. The van der Waals surface area contributed by atoms with Crippen LogP contribution in [0, 0.1) is 5.92 Å². The van der Waals surface area contributed by atoms with Crippen LogP contribution in [-0.2, 0) is 26.2 Å². The summed E-state index contributed by atoms with van der Waals surface area (Å²) in [7, 11) is 0. The van der Waals surface area contributed by atoms with Crippen molar-refractivity contribution in [1.82, 2.24) is 0 Å². The van der Waals surface area contributed by atoms with E-state index >= 15 is 0 Å². The Hall–Kier alpha value is -1.79. The monoisotopic (exact) mass is 563 g/mol. The van der Waals surface area contributed by atoms with E-state index in [-0.39, 0.29) is 24.8 Å². The summed E-state index contributed by atoms with van der Waals surface area (Å²) >= 11 is -3.07. The van der Waals surface area contributed by atoms with Gasteiger partial charge in [0.2, 0.25) is 0 Å². The molecule has 0 saturated heterocycles. The van der Waals surface area contributed by atoms with Gasteiger partial charge >= 0.3 is 196 Å². The van der Waals surface area contributed by atoms with Crippen molar-refractivity contribution in [1.29, 1.82) is 0 Å². The van der Waals surface area contributed by atoms with Crippen LogP contribution in [0.2, 0.25) is 4.13 Å². The molecule has 1 atom stereocenters. The molecular formula is C31H31Cl2Zr. The van der Waals surface area contributed by atoms with E-state index in [1.807, 2.05) is 0 Å². The fourth-order valence-electron chi connectivity index (χ4n) is 6.23. The second-order valence-corrected chi connectivity index (χ2v) is 19.2. The molecule has 0 aliphatic heterocycles. The van der Waals surface area contributed by atoms with Gasteiger partial charge in [0.1, 0.15) is 0 Å². The zero-order valence-corrected chi connectivity index (χ0v) is 23.9. The minimum absolute atomic E-state index is 0. The van der Waals surface area contributed by atoms with Crippen molar-refractivity contribution in [3.63, 3.8) is 0 Å². The van der Waals surface area contributed by atoms with Gasteiger partial charge in [0.25, 0.3) is 0 Å². The van der Waals surface area contributed by atoms with Gasteiger partial charge in [0.05, 0.1) is 0 Å². The molecule has 0 radical (unpaired) electrons. The molecular weight excluding hydrogens is 534 g/mol. The Morgan fingerprint density at radius 1 is 0.853 bits per heavy atom. The third-order valence-corrected chi connectivity index (χ3v) is 18.7. The normalized spacial score (nSPS) is 15.4. The topological polar surface area (TPSA) is 0 Å². The number of fused-ring (bicyclic) bond motifs is 8. The van der Waals surface area contributed by atoms with E-state index in [0.717, 1.165) is 12.8 Å². The summed E-state index contributed by atoms with van der Waals surface area (Å²) in [6.07, 6.45) is 9.12. The fourth-order valence-corrected chi connectivity index (χ4v) is 16.9. The average Bonchev–Trinajstić information content (AvgIpc) is 3.47. The van der Waals surface area contributed by atoms with Crippen LogP contribution in [0.1, 0.15) is 31.4 Å². The van der Waals surface area contributed by atoms with E-state index in [9.17, 15) is 0 Å². The third-order valence-electron chi connectivity index (χ3n) is 7.47. The predicted octanol–water partition coefficient (Wildman–Crippen LogP) is 8.54. The first kappa shape index (κ1) is 25.3. The standard InChI is InChI=1S/C21H13.C5H5.C4H9.CH2.2ClH.Zr/c1-2-8-15-14(7-1)13-20-18-11-4-3-9-16(18)17-10-5-6-12-19(17)21(15)20;1-2-4-5-3-1;1-4(2)3;;;;/h1-10,12H,13H2;1-3H,4H2;4H,1H2,2-3H3;1H2;2*1H;. The molecule has 0 saturated carbocycles. The third kappa shape index (κ3) is 3.81. The molecule has 0 spiro atoms. The second kappa shape index (κ2) is 9.69. The first-order valence-corrected chi connectivity index (χ1v) is 17.8. The first-order valence-electron chi connectivity index (χ1n) is 11.8. The number of benzene rings is 4. The molecule has 0 aromatic heterocycles. The summed E-state index contributed by atoms with van der Waals surface area (Å²) in [5.41, 5.74) is 5.89. The summed E-state index contributed by atoms with van der Waals surface area (Å²) in [6.45, 7) is 4.75. The van der Waals surface area contributed by atoms with Crippen LogP contribution in [0.4, 0.5) is 0 Å². The van der Waals surface area contributed by atoms with Gasteiger partial charge < -0.3 is 0 Å². The maximum absolute atomic E-state index is 5.17. The Bertz CT molecular complexity index is 1510. The number of rotatable bonds is 4. The van der Waals surface area contributed by atoms with Crippen molar-refractivity contribution in [2.24, 2.45) is 5.92 Å². The van der Waals surface area contributed by atoms with E-state index in [1.165, 1.54) is 47.9 Å². The van der Waals surface area contributed by atoms with Crippen molar-refractivity contribution in [2.45, 2.75) is 30.8 Å². The summed E-state index contributed by atoms with van der Waals surface area (Å²) in [5.74, 6) is 0.658. The van der Waals surface area contributed by atoms with E-state index in [0.29, 0.717) is 5.92 Å². The van der Waals surface area contributed by atoms with Gasteiger partial charge in [-0.15, -0.1) is 24.8 Å². The molecule has 1 unspecified atom stereocenters. The molecule has 3 heteroatoms. The second-order valence-electron chi connectivity index (χ2n) is 9.97. The van der Waals surface area contributed by atoms with Crippen LogP contribution >= 0.6 is 24.8 Å². The summed E-state index contributed by atoms with van der Waals surface area (Å²) in [4.78, 5) is 0. The van der Waals surface area contributed by atoms with Gasteiger partial charge in [-0.2, -0.15) is 0 Å². The van der Waals surface area contributed by atoms with Crippen LogP contribution in [-0.4, -0.2) is 4.21 Å². The Morgan fingerprint density at radius 2 is 1.56 bits per heavy atom. The maximum atomic E-state index is 5.17. The van der Waals surface area contributed by atoms with E-state index in [1.54, 1.807) is 6.55 Å². The molecule has 2 aliphatic carbocycles. The van der Waals surface area contributed by atoms with Crippen LogP contribution in [0.5, 0.6) is 0 Å². The molecule has 4 aromatic carbocycles. The average molecular weight is 566 g/mol. The fraction of sp³-hybridized carbons (Fsp3) is 0.194. The SMILES string of the molecule is Cl.Cl.[CH2]=[Zr]([CH2]C(C)C)([C]1=CC=CC1)[c]1cccc2c1c1c(c3ccccc32)-c2ccccc2C1. The Labute approximate surface area is 219 Å². The molecule has 6 rings (SSSR count). The quantitative estimate of drug-likeness (QED) is 0.192. The molecule has 0 fully saturated rings. The Morgan fingerprint density at radius 3 is 2.29 bits per heavy atom. The van der Waals surface area contributed by atoms with Crippen molar-refractivity contribution >= 4 is 53.8 Å². The van der Waals surface area contributed by atoms with Gasteiger partial charge in [-0.25, -0.2) is 0 Å². The molecule has 0 nitrogen and oxygen atoms in total. The molecule has 2 aliphatic rings. The van der Waals surface area contributed by atoms with Gasteiger partial charge in [0.15, 0.2) is 0 Å². The van der Waals surface area contributed by atoms with Crippen LogP contribution in [0.15, 0.2) is 88.2 Å². The van der Waals surface area contributed by atoms with Crippen molar-refractivity contribution in [3.05, 3.63) is 99.4 Å². The van der Waals surface area contributed by atoms with Gasteiger partial charge in [0, 0.05) is 0 Å². The minimum atomic E-state index is -3.07. The number of hydrogen-bond acceptors (Lipinski definition) is 0. The van der Waals surface area contributed by atoms with Gasteiger partial charge in [-0.05, 0) is 0 Å². The number of allylic oxidation sites excluding steroid dienone is 4. The van der Waals surface area contributed by atoms with Crippen LogP contribution in [0.25, 0.3) is 32.7 Å². The summed E-state index contributed by atoms with van der Waals surface area (Å²) in [6, 6.07) is 25.2. The molecule has 34 heavy (non-hydrogen) atoms. The van der Waals surface area contributed by atoms with Crippen molar-refractivity contribution in [2.75, 3.05) is 0 Å². The van der Waals surface area contributed by atoms with Gasteiger partial charge in [-0.1, -0.05) is 0 Å². The first-order chi connectivity index (χ1) is 15.6. The molecule has 0 heterocycles.